The summed E-state index contributed by atoms with van der Waals surface area (Å²) in [6, 6.07) is 11.4. The predicted molar refractivity (Wildman–Crippen MR) is 111 cm³/mol. The van der Waals surface area contributed by atoms with Gasteiger partial charge in [0.1, 0.15) is 0 Å². The van der Waals surface area contributed by atoms with Crippen LogP contribution in [0.2, 0.25) is 0 Å². The van der Waals surface area contributed by atoms with Crippen molar-refractivity contribution in [3.63, 3.8) is 0 Å². The fourth-order valence-corrected chi connectivity index (χ4v) is 3.62. The molecule has 11 heteroatoms. The minimum absolute atomic E-state index is 0.0191. The van der Waals surface area contributed by atoms with Crippen LogP contribution in [0, 0.1) is 10.1 Å². The molecule has 1 amide bonds. The second kappa shape index (κ2) is 9.83. The molecule has 0 aliphatic rings. The molecule has 0 bridgehead atoms. The number of sulfonamides is 1. The summed E-state index contributed by atoms with van der Waals surface area (Å²) < 4.78 is 29.8. The normalized spacial score (nSPS) is 10.9. The Kier molecular flexibility index (Phi) is 7.48. The van der Waals surface area contributed by atoms with Gasteiger partial charge in [-0.3, -0.25) is 19.2 Å². The number of methoxy groups -OCH3 is 1. The molecule has 0 radical (unpaired) electrons. The molecule has 0 heterocycles. The van der Waals surface area contributed by atoms with E-state index < -0.39 is 20.9 Å². The number of rotatable bonds is 9. The first-order valence-corrected chi connectivity index (χ1v) is 10.7. The van der Waals surface area contributed by atoms with Gasteiger partial charge in [0.05, 0.1) is 29.5 Å². The number of ether oxygens (including phenoxy) is 1. The lowest BCUT2D eigenvalue weighted by Gasteiger charge is -2.22. The summed E-state index contributed by atoms with van der Waals surface area (Å²) in [5, 5.41) is 13.6. The third-order valence-electron chi connectivity index (χ3n) is 4.08. The maximum Gasteiger partial charge on any atom is 0.337 e. The highest BCUT2D eigenvalue weighted by atomic mass is 32.2. The van der Waals surface area contributed by atoms with E-state index in [4.69, 9.17) is 0 Å². The summed E-state index contributed by atoms with van der Waals surface area (Å²) in [5.74, 6) is -0.830. The Morgan fingerprint density at radius 2 is 1.83 bits per heavy atom. The van der Waals surface area contributed by atoms with Gasteiger partial charge in [0.2, 0.25) is 15.9 Å². The molecular weight excluding hydrogens is 414 g/mol. The van der Waals surface area contributed by atoms with Crippen LogP contribution >= 0.6 is 0 Å². The molecule has 0 aromatic heterocycles. The second-order valence-corrected chi connectivity index (χ2v) is 8.24. The Morgan fingerprint density at radius 1 is 1.17 bits per heavy atom. The van der Waals surface area contributed by atoms with E-state index in [0.29, 0.717) is 11.3 Å². The van der Waals surface area contributed by atoms with Gasteiger partial charge >= 0.3 is 5.97 Å². The van der Waals surface area contributed by atoms with Gasteiger partial charge in [-0.1, -0.05) is 6.07 Å². The van der Waals surface area contributed by atoms with Gasteiger partial charge < -0.3 is 10.1 Å². The van der Waals surface area contributed by atoms with Gasteiger partial charge in [0.15, 0.2) is 0 Å². The Balaban J connectivity index is 1.98. The number of hydrogen-bond acceptors (Lipinski definition) is 7. The fraction of sp³-hybridized carbons (Fsp3) is 0.263. The van der Waals surface area contributed by atoms with E-state index in [9.17, 15) is 28.1 Å². The first-order chi connectivity index (χ1) is 14.1. The molecule has 0 aliphatic carbocycles. The molecule has 2 aromatic rings. The number of carbonyl (C=O) groups is 2. The number of benzene rings is 2. The van der Waals surface area contributed by atoms with Crippen molar-refractivity contribution in [2.24, 2.45) is 0 Å². The van der Waals surface area contributed by atoms with Crippen molar-refractivity contribution in [3.05, 3.63) is 64.2 Å². The minimum atomic E-state index is -3.70. The maximum atomic E-state index is 12.1. The van der Waals surface area contributed by atoms with Gasteiger partial charge in [-0.2, -0.15) is 0 Å². The monoisotopic (exact) mass is 435 g/mol. The fourth-order valence-electron chi connectivity index (χ4n) is 2.66. The van der Waals surface area contributed by atoms with Crippen LogP contribution in [0.1, 0.15) is 23.2 Å². The zero-order chi connectivity index (χ0) is 22.3. The molecule has 1 N–H and O–H groups in total. The molecule has 0 aliphatic heterocycles. The smallest absolute Gasteiger partial charge is 0.337 e. The highest BCUT2D eigenvalue weighted by molar-refractivity contribution is 7.92. The van der Waals surface area contributed by atoms with Crippen LogP contribution in [0.4, 0.5) is 17.1 Å². The second-order valence-electron chi connectivity index (χ2n) is 6.33. The molecule has 0 spiro atoms. The molecule has 10 nitrogen and oxygen atoms in total. The Morgan fingerprint density at radius 3 is 2.40 bits per heavy atom. The zero-order valence-electron chi connectivity index (χ0n) is 16.4. The van der Waals surface area contributed by atoms with E-state index in [1.165, 1.54) is 43.5 Å². The van der Waals surface area contributed by atoms with Crippen LogP contribution in [0.3, 0.4) is 0 Å². The summed E-state index contributed by atoms with van der Waals surface area (Å²) in [7, 11) is -2.43. The molecule has 30 heavy (non-hydrogen) atoms. The van der Waals surface area contributed by atoms with E-state index >= 15 is 0 Å². The Bertz CT molecular complexity index is 1040. The molecule has 0 atom stereocenters. The minimum Gasteiger partial charge on any atom is -0.465 e. The molecular formula is C19H21N3O7S. The largest absolute Gasteiger partial charge is 0.465 e. The van der Waals surface area contributed by atoms with E-state index in [1.54, 1.807) is 12.1 Å². The quantitative estimate of drug-likeness (QED) is 0.363. The van der Waals surface area contributed by atoms with Gasteiger partial charge in [-0.15, -0.1) is 0 Å². The molecule has 0 saturated carbocycles. The van der Waals surface area contributed by atoms with Crippen LogP contribution in [-0.2, 0) is 19.6 Å². The number of esters is 1. The van der Waals surface area contributed by atoms with E-state index in [2.05, 4.69) is 10.1 Å². The molecule has 0 unspecified atom stereocenters. The van der Waals surface area contributed by atoms with Crippen molar-refractivity contribution in [2.45, 2.75) is 12.8 Å². The van der Waals surface area contributed by atoms with Crippen molar-refractivity contribution in [1.29, 1.82) is 0 Å². The summed E-state index contributed by atoms with van der Waals surface area (Å²) in [6.45, 7) is -0.0191. The van der Waals surface area contributed by atoms with E-state index in [1.807, 2.05) is 0 Å². The van der Waals surface area contributed by atoms with Crippen LogP contribution in [0.15, 0.2) is 48.5 Å². The van der Waals surface area contributed by atoms with Crippen molar-refractivity contribution in [2.75, 3.05) is 29.5 Å². The molecule has 2 aromatic carbocycles. The number of nitro benzene ring substituents is 1. The van der Waals surface area contributed by atoms with Crippen LogP contribution in [-0.4, -0.2) is 45.1 Å². The van der Waals surface area contributed by atoms with Crippen LogP contribution < -0.4 is 9.62 Å². The third-order valence-corrected chi connectivity index (χ3v) is 5.28. The number of nitro groups is 1. The van der Waals surface area contributed by atoms with Crippen molar-refractivity contribution >= 4 is 39.0 Å². The van der Waals surface area contributed by atoms with Crippen molar-refractivity contribution in [1.82, 2.24) is 0 Å². The van der Waals surface area contributed by atoms with Crippen molar-refractivity contribution in [3.8, 4) is 0 Å². The van der Waals surface area contributed by atoms with Crippen LogP contribution in [0.25, 0.3) is 0 Å². The summed E-state index contributed by atoms with van der Waals surface area (Å²) in [6.07, 6.45) is 1.22. The first kappa shape index (κ1) is 22.8. The summed E-state index contributed by atoms with van der Waals surface area (Å²) >= 11 is 0. The van der Waals surface area contributed by atoms with Gasteiger partial charge in [-0.25, -0.2) is 13.2 Å². The molecule has 0 fully saturated rings. The Labute approximate surface area is 173 Å². The van der Waals surface area contributed by atoms with Gasteiger partial charge in [0, 0.05) is 30.8 Å². The highest BCUT2D eigenvalue weighted by Crippen LogP contribution is 2.23. The average Bonchev–Trinajstić information content (AvgIpc) is 2.70. The van der Waals surface area contributed by atoms with Crippen molar-refractivity contribution < 1.29 is 27.7 Å². The number of nitrogens with one attached hydrogen (secondary N) is 1. The lowest BCUT2D eigenvalue weighted by molar-refractivity contribution is -0.384. The van der Waals surface area contributed by atoms with Crippen LogP contribution in [0.5, 0.6) is 0 Å². The standard InChI is InChI=1S/C19H21N3O7S/c1-29-19(24)14-8-10-15(11-9-14)20-18(23)7-4-12-21(30(2,27)28)16-5-3-6-17(13-16)22(25)26/h3,5-6,8-11,13H,4,7,12H2,1-2H3,(H,20,23). The number of carbonyl (C=O) groups excluding carboxylic acids is 2. The number of anilines is 2. The Hall–Kier alpha value is -3.47. The number of hydrogen-bond donors (Lipinski definition) is 1. The topological polar surface area (TPSA) is 136 Å². The van der Waals surface area contributed by atoms with E-state index in [-0.39, 0.29) is 36.7 Å². The number of nitrogens with zero attached hydrogens (tertiary/aromatic N) is 2. The first-order valence-electron chi connectivity index (χ1n) is 8.82. The summed E-state index contributed by atoms with van der Waals surface area (Å²) in [5.41, 5.74) is 0.752. The maximum absolute atomic E-state index is 12.1. The SMILES string of the molecule is COC(=O)c1ccc(NC(=O)CCCN(c2cccc([N+](=O)[O-])c2)S(C)(=O)=O)cc1. The highest BCUT2D eigenvalue weighted by Gasteiger charge is 2.20. The van der Waals surface area contributed by atoms with E-state index in [0.717, 1.165) is 10.6 Å². The predicted octanol–water partition coefficient (Wildman–Crippen LogP) is 2.57. The molecule has 2 rings (SSSR count). The molecule has 160 valence electrons. The summed E-state index contributed by atoms with van der Waals surface area (Å²) in [4.78, 5) is 33.9. The lowest BCUT2D eigenvalue weighted by atomic mass is 10.2. The number of non-ortho nitro benzene ring substituents is 1. The zero-order valence-corrected chi connectivity index (χ0v) is 17.2. The van der Waals surface area contributed by atoms with Gasteiger partial charge in [-0.05, 0) is 36.8 Å². The molecule has 0 saturated heterocycles. The number of amides is 1. The lowest BCUT2D eigenvalue weighted by Crippen LogP contribution is -2.31. The average molecular weight is 435 g/mol. The van der Waals surface area contributed by atoms with Gasteiger partial charge in [0.25, 0.3) is 5.69 Å². The third kappa shape index (κ3) is 6.27.